The predicted molar refractivity (Wildman–Crippen MR) is 69.1 cm³/mol. The van der Waals surface area contributed by atoms with Gasteiger partial charge in [0.1, 0.15) is 0 Å². The Morgan fingerprint density at radius 2 is 1.80 bits per heavy atom. The van der Waals surface area contributed by atoms with Gasteiger partial charge in [0.15, 0.2) is 5.66 Å². The van der Waals surface area contributed by atoms with Crippen molar-refractivity contribution in [2.45, 2.75) is 19.5 Å². The molecule has 2 aromatic heterocycles. The van der Waals surface area contributed by atoms with Crippen molar-refractivity contribution < 1.29 is 0 Å². The van der Waals surface area contributed by atoms with Crippen molar-refractivity contribution in [2.24, 2.45) is 10.9 Å². The van der Waals surface area contributed by atoms with Gasteiger partial charge in [-0.15, -0.1) is 25.3 Å². The number of rotatable bonds is 3. The third kappa shape index (κ3) is 1.99. The molecule has 0 bridgehead atoms. The Morgan fingerprint density at radius 1 is 1.20 bits per heavy atom. The Morgan fingerprint density at radius 3 is 2.30 bits per heavy atom. The van der Waals surface area contributed by atoms with Crippen LogP contribution in [0.3, 0.4) is 0 Å². The lowest BCUT2D eigenvalue weighted by Crippen LogP contribution is -2.66. The van der Waals surface area contributed by atoms with Gasteiger partial charge in [0, 0.05) is 5.69 Å². The molecule has 0 spiro atoms. The van der Waals surface area contributed by atoms with Gasteiger partial charge >= 0.3 is 0 Å². The molecule has 0 saturated carbocycles. The molecule has 1 saturated heterocycles. The largest absolute Gasteiger partial charge is 0.330 e. The van der Waals surface area contributed by atoms with Crippen molar-refractivity contribution in [2.75, 3.05) is 18.0 Å². The van der Waals surface area contributed by atoms with Gasteiger partial charge in [-0.1, -0.05) is 0 Å². The van der Waals surface area contributed by atoms with E-state index >= 15 is 0 Å². The molecule has 2 aromatic rings. The van der Waals surface area contributed by atoms with Crippen molar-refractivity contribution in [3.05, 3.63) is 22.4 Å². The third-order valence-corrected chi connectivity index (χ3v) is 3.05. The fourth-order valence-electron chi connectivity index (χ4n) is 2.08. The minimum atomic E-state index is -1.06. The molecule has 10 nitrogen and oxygen atoms in total. The van der Waals surface area contributed by atoms with Crippen LogP contribution in [0.4, 0.5) is 5.95 Å². The van der Waals surface area contributed by atoms with E-state index in [1.165, 1.54) is 0 Å². The topological polar surface area (TPSA) is 128 Å². The SMILES string of the molecule is Cc1cc(C)n(-c2nnc(N3CC(N)(N=O)C3)nn2)n1. The maximum Gasteiger partial charge on any atom is 0.289 e. The minimum Gasteiger partial charge on any atom is -0.330 e. The van der Waals surface area contributed by atoms with E-state index in [4.69, 9.17) is 5.73 Å². The number of hydrogen-bond acceptors (Lipinski definition) is 9. The van der Waals surface area contributed by atoms with E-state index in [9.17, 15) is 4.91 Å². The molecule has 1 aliphatic rings. The molecule has 10 heteroatoms. The molecule has 3 rings (SSSR count). The Labute approximate surface area is 114 Å². The summed E-state index contributed by atoms with van der Waals surface area (Å²) in [5.74, 6) is 0.618. The quantitative estimate of drug-likeness (QED) is 0.729. The number of aryl methyl sites for hydroxylation is 2. The van der Waals surface area contributed by atoms with Crippen molar-refractivity contribution in [1.82, 2.24) is 30.2 Å². The van der Waals surface area contributed by atoms with Crippen molar-refractivity contribution >= 4 is 5.95 Å². The lowest BCUT2D eigenvalue weighted by molar-refractivity contribution is 0.338. The summed E-state index contributed by atoms with van der Waals surface area (Å²) in [6, 6.07) is 1.91. The van der Waals surface area contributed by atoms with Crippen molar-refractivity contribution in [1.29, 1.82) is 0 Å². The monoisotopic (exact) mass is 275 g/mol. The van der Waals surface area contributed by atoms with E-state index in [1.54, 1.807) is 9.58 Å². The second-order valence-corrected chi connectivity index (χ2v) is 4.89. The first kappa shape index (κ1) is 12.5. The zero-order chi connectivity index (χ0) is 14.3. The fourth-order valence-corrected chi connectivity index (χ4v) is 2.08. The molecule has 1 aliphatic heterocycles. The van der Waals surface area contributed by atoms with Crippen LogP contribution in [0.5, 0.6) is 0 Å². The fraction of sp³-hybridized carbons (Fsp3) is 0.500. The van der Waals surface area contributed by atoms with Crippen LogP contribution in [0.25, 0.3) is 5.95 Å². The molecule has 0 radical (unpaired) electrons. The van der Waals surface area contributed by atoms with E-state index in [-0.39, 0.29) is 13.1 Å². The Hall–Kier alpha value is -2.49. The molecular weight excluding hydrogens is 262 g/mol. The lowest BCUT2D eigenvalue weighted by atomic mass is 10.0. The number of nitrogens with zero attached hydrogens (tertiary/aromatic N) is 8. The molecule has 0 amide bonds. The van der Waals surface area contributed by atoms with Gasteiger partial charge in [-0.05, 0) is 25.1 Å². The second kappa shape index (κ2) is 4.27. The third-order valence-electron chi connectivity index (χ3n) is 3.05. The Bertz CT molecular complexity index is 643. The summed E-state index contributed by atoms with van der Waals surface area (Å²) in [6.45, 7) is 4.30. The highest BCUT2D eigenvalue weighted by atomic mass is 16.3. The average Bonchev–Trinajstić information content (AvgIpc) is 2.74. The molecule has 20 heavy (non-hydrogen) atoms. The number of anilines is 1. The molecule has 3 heterocycles. The van der Waals surface area contributed by atoms with Crippen LogP contribution in [0.1, 0.15) is 11.4 Å². The van der Waals surface area contributed by atoms with E-state index in [1.807, 2.05) is 19.9 Å². The van der Waals surface area contributed by atoms with Gasteiger partial charge in [-0.2, -0.15) is 5.10 Å². The lowest BCUT2D eigenvalue weighted by Gasteiger charge is -2.41. The van der Waals surface area contributed by atoms with Gasteiger partial charge in [0.2, 0.25) is 0 Å². The first-order chi connectivity index (χ1) is 9.50. The summed E-state index contributed by atoms with van der Waals surface area (Å²) in [6.07, 6.45) is 0. The second-order valence-electron chi connectivity index (χ2n) is 4.89. The molecule has 0 unspecified atom stereocenters. The highest BCUT2D eigenvalue weighted by Gasteiger charge is 2.43. The molecule has 0 aliphatic carbocycles. The normalized spacial score (nSPS) is 16.9. The van der Waals surface area contributed by atoms with Gasteiger partial charge < -0.3 is 10.6 Å². The summed E-state index contributed by atoms with van der Waals surface area (Å²) >= 11 is 0. The van der Waals surface area contributed by atoms with Crippen LogP contribution in [0.2, 0.25) is 0 Å². The summed E-state index contributed by atoms with van der Waals surface area (Å²) in [7, 11) is 0. The predicted octanol–water partition coefficient (Wildman–Crippen LogP) is -0.689. The zero-order valence-corrected chi connectivity index (χ0v) is 11.1. The number of aromatic nitrogens is 6. The maximum atomic E-state index is 10.5. The van der Waals surface area contributed by atoms with Crippen LogP contribution in [0.15, 0.2) is 11.2 Å². The molecule has 1 fully saturated rings. The average molecular weight is 275 g/mol. The highest BCUT2D eigenvalue weighted by Crippen LogP contribution is 2.22. The van der Waals surface area contributed by atoms with Crippen LogP contribution < -0.4 is 10.6 Å². The van der Waals surface area contributed by atoms with Gasteiger partial charge in [-0.3, -0.25) is 0 Å². The molecular formula is C10H13N9O. The number of hydrogen-bond donors (Lipinski definition) is 1. The highest BCUT2D eigenvalue weighted by molar-refractivity contribution is 5.36. The number of nitroso groups, excluding NO2 is 1. The van der Waals surface area contributed by atoms with Gasteiger partial charge in [-0.25, -0.2) is 4.68 Å². The summed E-state index contributed by atoms with van der Waals surface area (Å²) < 4.78 is 1.56. The van der Waals surface area contributed by atoms with Crippen molar-refractivity contribution in [3.63, 3.8) is 0 Å². The van der Waals surface area contributed by atoms with Gasteiger partial charge in [0.25, 0.3) is 11.9 Å². The maximum absolute atomic E-state index is 10.5. The van der Waals surface area contributed by atoms with E-state index in [0.29, 0.717) is 11.9 Å². The van der Waals surface area contributed by atoms with Crippen molar-refractivity contribution in [3.8, 4) is 5.95 Å². The molecule has 0 atom stereocenters. The standard InChI is InChI=1S/C10H13N9O/c1-6-3-7(2)19(16-6)9-14-12-8(13-15-9)18-4-10(11,5-18)17-20/h3H,4-5,11H2,1-2H3. The van der Waals surface area contributed by atoms with E-state index in [2.05, 4.69) is 30.7 Å². The van der Waals surface area contributed by atoms with E-state index in [0.717, 1.165) is 11.4 Å². The molecule has 2 N–H and O–H groups in total. The first-order valence-electron chi connectivity index (χ1n) is 6.00. The van der Waals surface area contributed by atoms with Crippen LogP contribution in [-0.4, -0.2) is 48.9 Å². The first-order valence-corrected chi connectivity index (χ1v) is 6.00. The number of nitrogens with two attached hydrogens (primary N) is 1. The summed E-state index contributed by atoms with van der Waals surface area (Å²) in [5, 5.41) is 23.0. The molecule has 0 aromatic carbocycles. The van der Waals surface area contributed by atoms with Crippen LogP contribution in [-0.2, 0) is 0 Å². The van der Waals surface area contributed by atoms with E-state index < -0.39 is 5.66 Å². The minimum absolute atomic E-state index is 0.263. The summed E-state index contributed by atoms with van der Waals surface area (Å²) in [4.78, 5) is 12.2. The Balaban J connectivity index is 1.79. The smallest absolute Gasteiger partial charge is 0.289 e. The molecule has 104 valence electrons. The Kier molecular flexibility index (Phi) is 2.67. The summed E-state index contributed by atoms with van der Waals surface area (Å²) in [5.41, 5.74) is 6.35. The zero-order valence-electron chi connectivity index (χ0n) is 11.1. The van der Waals surface area contributed by atoms with Gasteiger partial charge in [0.05, 0.1) is 18.8 Å². The van der Waals surface area contributed by atoms with Crippen LogP contribution in [0, 0.1) is 18.8 Å². The van der Waals surface area contributed by atoms with Crippen LogP contribution >= 0.6 is 0 Å².